The maximum absolute atomic E-state index is 12.3. The zero-order chi connectivity index (χ0) is 15.5. The first-order chi connectivity index (χ1) is 9.86. The summed E-state index contributed by atoms with van der Waals surface area (Å²) in [7, 11) is -1.01. The molecule has 2 rings (SSSR count). The summed E-state index contributed by atoms with van der Waals surface area (Å²) in [6.07, 6.45) is 7.51. The Bertz CT molecular complexity index is 519. The standard InChI is InChI=1S/C17H24BrNOS/c1-17(2,3)21(20)19-16-7-5-4-6-14(12-16)13-8-10-15(18)11-9-13/h4-5,8-11,14,16,19H,6-7,12H2,1-3H3/t14-,16-,21+/m1/s1. The van der Waals surface area contributed by atoms with Crippen molar-refractivity contribution < 1.29 is 4.21 Å². The second-order valence-electron chi connectivity index (χ2n) is 6.62. The van der Waals surface area contributed by atoms with E-state index in [-0.39, 0.29) is 10.8 Å². The Balaban J connectivity index is 2.07. The van der Waals surface area contributed by atoms with Gasteiger partial charge in [0.1, 0.15) is 0 Å². The van der Waals surface area contributed by atoms with E-state index in [2.05, 4.69) is 57.1 Å². The second kappa shape index (κ2) is 7.21. The van der Waals surface area contributed by atoms with Crippen LogP contribution in [0.15, 0.2) is 40.9 Å². The van der Waals surface area contributed by atoms with Gasteiger partial charge >= 0.3 is 0 Å². The Kier molecular flexibility index (Phi) is 5.81. The van der Waals surface area contributed by atoms with Crippen LogP contribution in [0.5, 0.6) is 0 Å². The molecule has 3 atom stereocenters. The van der Waals surface area contributed by atoms with Gasteiger partial charge in [0.25, 0.3) is 0 Å². The van der Waals surface area contributed by atoms with Crippen molar-refractivity contribution in [2.75, 3.05) is 0 Å². The average molecular weight is 370 g/mol. The summed E-state index contributed by atoms with van der Waals surface area (Å²) in [6, 6.07) is 8.84. The molecule has 0 aromatic heterocycles. The predicted molar refractivity (Wildman–Crippen MR) is 94.7 cm³/mol. The Morgan fingerprint density at radius 3 is 2.38 bits per heavy atom. The van der Waals surface area contributed by atoms with Crippen LogP contribution < -0.4 is 4.72 Å². The summed E-state index contributed by atoms with van der Waals surface area (Å²) < 4.78 is 16.5. The van der Waals surface area contributed by atoms with E-state index in [0.29, 0.717) is 5.92 Å². The average Bonchev–Trinajstić information content (AvgIpc) is 2.64. The number of nitrogens with one attached hydrogen (secondary N) is 1. The van der Waals surface area contributed by atoms with Gasteiger partial charge in [-0.25, -0.2) is 8.93 Å². The molecule has 0 saturated heterocycles. The van der Waals surface area contributed by atoms with E-state index >= 15 is 0 Å². The highest BCUT2D eigenvalue weighted by Gasteiger charge is 2.25. The number of rotatable bonds is 3. The van der Waals surface area contributed by atoms with Gasteiger partial charge in [-0.05, 0) is 63.6 Å². The highest BCUT2D eigenvalue weighted by Crippen LogP contribution is 2.30. The van der Waals surface area contributed by atoms with Crippen molar-refractivity contribution in [3.05, 3.63) is 46.5 Å². The van der Waals surface area contributed by atoms with Crippen LogP contribution in [-0.4, -0.2) is 15.0 Å². The molecule has 1 aliphatic rings. The van der Waals surface area contributed by atoms with Gasteiger partial charge in [-0.3, -0.25) is 0 Å². The molecule has 0 bridgehead atoms. The van der Waals surface area contributed by atoms with E-state index in [9.17, 15) is 4.21 Å². The Morgan fingerprint density at radius 1 is 1.14 bits per heavy atom. The number of benzene rings is 1. The van der Waals surface area contributed by atoms with E-state index in [1.54, 1.807) is 0 Å². The van der Waals surface area contributed by atoms with Crippen molar-refractivity contribution >= 4 is 26.9 Å². The first-order valence-corrected chi connectivity index (χ1v) is 9.39. The summed E-state index contributed by atoms with van der Waals surface area (Å²) in [5.41, 5.74) is 1.36. The van der Waals surface area contributed by atoms with Gasteiger partial charge in [0.2, 0.25) is 0 Å². The largest absolute Gasteiger partial charge is 0.242 e. The number of hydrogen-bond acceptors (Lipinski definition) is 1. The van der Waals surface area contributed by atoms with E-state index in [0.717, 1.165) is 23.7 Å². The van der Waals surface area contributed by atoms with E-state index in [1.807, 2.05) is 20.8 Å². The molecule has 0 fully saturated rings. The smallest absolute Gasteiger partial charge is 0.0972 e. The molecule has 0 unspecified atom stereocenters. The Hall–Kier alpha value is -0.450. The lowest BCUT2D eigenvalue weighted by Gasteiger charge is -2.25. The third kappa shape index (κ3) is 5.04. The molecular formula is C17H24BrNOS. The summed E-state index contributed by atoms with van der Waals surface area (Å²) in [4.78, 5) is 0. The minimum atomic E-state index is -1.01. The quantitative estimate of drug-likeness (QED) is 0.769. The molecule has 1 aromatic carbocycles. The van der Waals surface area contributed by atoms with Gasteiger partial charge in [-0.1, -0.05) is 40.2 Å². The molecule has 0 amide bonds. The molecule has 1 aliphatic carbocycles. The van der Waals surface area contributed by atoms with E-state index in [4.69, 9.17) is 0 Å². The predicted octanol–water partition coefficient (Wildman–Crippen LogP) is 4.69. The van der Waals surface area contributed by atoms with Crippen molar-refractivity contribution in [3.63, 3.8) is 0 Å². The molecule has 0 spiro atoms. The van der Waals surface area contributed by atoms with Gasteiger partial charge in [0.05, 0.1) is 15.7 Å². The Morgan fingerprint density at radius 2 is 1.76 bits per heavy atom. The van der Waals surface area contributed by atoms with Crippen LogP contribution in [0.3, 0.4) is 0 Å². The summed E-state index contributed by atoms with van der Waals surface area (Å²) >= 11 is 3.48. The molecular weight excluding hydrogens is 346 g/mol. The number of hydrogen-bond donors (Lipinski definition) is 1. The van der Waals surface area contributed by atoms with Crippen molar-refractivity contribution in [1.29, 1.82) is 0 Å². The van der Waals surface area contributed by atoms with Gasteiger partial charge in [-0.2, -0.15) is 0 Å². The highest BCUT2D eigenvalue weighted by molar-refractivity contribution is 9.10. The van der Waals surface area contributed by atoms with Crippen molar-refractivity contribution in [2.45, 2.75) is 56.7 Å². The van der Waals surface area contributed by atoms with Crippen molar-refractivity contribution in [1.82, 2.24) is 4.72 Å². The first kappa shape index (κ1) is 16.9. The zero-order valence-electron chi connectivity index (χ0n) is 12.9. The SMILES string of the molecule is CC(C)(C)[S@](=O)N[C@@H]1CC=CC[C@@H](c2ccc(Br)cc2)C1. The fourth-order valence-electron chi connectivity index (χ4n) is 2.49. The molecule has 0 aliphatic heterocycles. The van der Waals surface area contributed by atoms with Crippen LogP contribution in [0.25, 0.3) is 0 Å². The normalized spacial score (nSPS) is 24.6. The van der Waals surface area contributed by atoms with Crippen LogP contribution in [0, 0.1) is 0 Å². The lowest BCUT2D eigenvalue weighted by atomic mass is 9.91. The first-order valence-electron chi connectivity index (χ1n) is 7.45. The van der Waals surface area contributed by atoms with Crippen LogP contribution in [0.4, 0.5) is 0 Å². The molecule has 1 aromatic rings. The second-order valence-corrected chi connectivity index (χ2v) is 9.54. The number of halogens is 1. The summed E-state index contributed by atoms with van der Waals surface area (Å²) in [5.74, 6) is 0.492. The molecule has 116 valence electrons. The summed E-state index contributed by atoms with van der Waals surface area (Å²) in [6.45, 7) is 6.03. The molecule has 1 N–H and O–H groups in total. The number of allylic oxidation sites excluding steroid dienone is 1. The van der Waals surface area contributed by atoms with Crippen LogP contribution in [0.1, 0.15) is 51.5 Å². The fraction of sp³-hybridized carbons (Fsp3) is 0.529. The van der Waals surface area contributed by atoms with Gasteiger partial charge in [-0.15, -0.1) is 0 Å². The van der Waals surface area contributed by atoms with Crippen LogP contribution in [0.2, 0.25) is 0 Å². The van der Waals surface area contributed by atoms with Crippen LogP contribution in [-0.2, 0) is 11.0 Å². The third-order valence-corrected chi connectivity index (χ3v) is 5.94. The lowest BCUT2D eigenvalue weighted by Crippen LogP contribution is -2.40. The minimum absolute atomic E-state index is 0.219. The molecule has 2 nitrogen and oxygen atoms in total. The topological polar surface area (TPSA) is 29.1 Å². The monoisotopic (exact) mass is 369 g/mol. The van der Waals surface area contributed by atoms with Crippen molar-refractivity contribution in [3.8, 4) is 0 Å². The fourth-order valence-corrected chi connectivity index (χ4v) is 3.60. The van der Waals surface area contributed by atoms with Gasteiger partial charge < -0.3 is 0 Å². The third-order valence-electron chi connectivity index (χ3n) is 3.75. The van der Waals surface area contributed by atoms with Crippen LogP contribution >= 0.6 is 15.9 Å². The summed E-state index contributed by atoms with van der Waals surface area (Å²) in [5, 5.41) is 0. The molecule has 4 heteroatoms. The lowest BCUT2D eigenvalue weighted by molar-refractivity contribution is 0.508. The van der Waals surface area contributed by atoms with Gasteiger partial charge in [0.15, 0.2) is 0 Å². The maximum Gasteiger partial charge on any atom is 0.0972 e. The van der Waals surface area contributed by atoms with E-state index < -0.39 is 11.0 Å². The maximum atomic E-state index is 12.3. The molecule has 0 heterocycles. The molecule has 21 heavy (non-hydrogen) atoms. The Labute approximate surface area is 139 Å². The highest BCUT2D eigenvalue weighted by atomic mass is 79.9. The van der Waals surface area contributed by atoms with Crippen molar-refractivity contribution in [2.24, 2.45) is 0 Å². The van der Waals surface area contributed by atoms with E-state index in [1.165, 1.54) is 5.56 Å². The minimum Gasteiger partial charge on any atom is -0.242 e. The zero-order valence-corrected chi connectivity index (χ0v) is 15.3. The molecule has 0 saturated carbocycles. The van der Waals surface area contributed by atoms with Gasteiger partial charge in [0, 0.05) is 10.5 Å². The molecule has 0 radical (unpaired) electrons.